The summed E-state index contributed by atoms with van der Waals surface area (Å²) in [6, 6.07) is 7.00. The number of carbonyl (C=O) groups is 2. The lowest BCUT2D eigenvalue weighted by molar-refractivity contribution is -0.119. The first-order valence-electron chi connectivity index (χ1n) is 6.63. The molecule has 0 aromatic heterocycles. The number of rotatable bonds is 4. The number of benzene rings is 1. The van der Waals surface area contributed by atoms with Gasteiger partial charge in [0.05, 0.1) is 19.1 Å². The maximum absolute atomic E-state index is 11.9. The molecular weight excluding hydrogens is 258 g/mol. The first-order valence-corrected chi connectivity index (χ1v) is 6.63. The van der Waals surface area contributed by atoms with E-state index < -0.39 is 0 Å². The highest BCUT2D eigenvalue weighted by molar-refractivity contribution is 5.92. The number of anilines is 2. The molecule has 1 unspecified atom stereocenters. The van der Waals surface area contributed by atoms with Crippen LogP contribution in [0.15, 0.2) is 24.3 Å². The van der Waals surface area contributed by atoms with Crippen molar-refractivity contribution < 1.29 is 14.3 Å². The number of carbonyl (C=O) groups excluding carboxylic acids is 2. The number of amides is 2. The Balaban J connectivity index is 1.82. The molecule has 2 rings (SSSR count). The second kappa shape index (κ2) is 7.02. The summed E-state index contributed by atoms with van der Waals surface area (Å²) in [5, 5.41) is 8.67. The van der Waals surface area contributed by atoms with Crippen molar-refractivity contribution in [1.82, 2.24) is 5.32 Å². The first-order chi connectivity index (χ1) is 9.63. The lowest BCUT2D eigenvalue weighted by atomic mass is 10.2. The van der Waals surface area contributed by atoms with Gasteiger partial charge in [-0.15, -0.1) is 0 Å². The van der Waals surface area contributed by atoms with E-state index in [1.54, 1.807) is 24.3 Å². The van der Waals surface area contributed by atoms with E-state index in [0.717, 1.165) is 6.54 Å². The summed E-state index contributed by atoms with van der Waals surface area (Å²) >= 11 is 0. The number of nitrogens with one attached hydrogen (secondary N) is 3. The molecule has 0 aliphatic carbocycles. The van der Waals surface area contributed by atoms with Gasteiger partial charge in [-0.3, -0.25) is 9.59 Å². The fourth-order valence-corrected chi connectivity index (χ4v) is 2.01. The van der Waals surface area contributed by atoms with Crippen LogP contribution in [0.2, 0.25) is 0 Å². The van der Waals surface area contributed by atoms with Gasteiger partial charge in [0.15, 0.2) is 0 Å². The smallest absolute Gasteiger partial charge is 0.227 e. The highest BCUT2D eigenvalue weighted by Crippen LogP contribution is 2.14. The molecule has 1 saturated heterocycles. The van der Waals surface area contributed by atoms with Crippen LogP contribution in [0, 0.1) is 0 Å². The van der Waals surface area contributed by atoms with Crippen molar-refractivity contribution in [2.45, 2.75) is 19.4 Å². The van der Waals surface area contributed by atoms with Crippen molar-refractivity contribution in [1.29, 1.82) is 0 Å². The van der Waals surface area contributed by atoms with Gasteiger partial charge in [0.25, 0.3) is 0 Å². The third-order valence-corrected chi connectivity index (χ3v) is 2.91. The predicted molar refractivity (Wildman–Crippen MR) is 76.6 cm³/mol. The summed E-state index contributed by atoms with van der Waals surface area (Å²) in [5.41, 5.74) is 1.41. The zero-order valence-electron chi connectivity index (χ0n) is 11.4. The van der Waals surface area contributed by atoms with Gasteiger partial charge in [0.2, 0.25) is 11.8 Å². The van der Waals surface area contributed by atoms with Gasteiger partial charge in [-0.1, -0.05) is 0 Å². The Morgan fingerprint density at radius 1 is 1.25 bits per heavy atom. The summed E-state index contributed by atoms with van der Waals surface area (Å²) in [6.45, 7) is 3.63. The normalized spacial score (nSPS) is 18.4. The molecule has 1 atom stereocenters. The lowest BCUT2D eigenvalue weighted by Gasteiger charge is -2.23. The quantitative estimate of drug-likeness (QED) is 0.766. The Morgan fingerprint density at radius 2 is 1.90 bits per heavy atom. The molecule has 1 fully saturated rings. The number of ether oxygens (including phenoxy) is 1. The largest absolute Gasteiger partial charge is 0.375 e. The van der Waals surface area contributed by atoms with Gasteiger partial charge < -0.3 is 20.7 Å². The van der Waals surface area contributed by atoms with Gasteiger partial charge in [-0.2, -0.15) is 0 Å². The molecule has 0 radical (unpaired) electrons. The molecule has 2 amide bonds. The second-order valence-electron chi connectivity index (χ2n) is 4.71. The molecule has 1 aromatic rings. The third-order valence-electron chi connectivity index (χ3n) is 2.91. The summed E-state index contributed by atoms with van der Waals surface area (Å²) in [5.74, 6) is -0.199. The van der Waals surface area contributed by atoms with Crippen LogP contribution in [0.25, 0.3) is 0 Å². The van der Waals surface area contributed by atoms with Crippen LogP contribution in [-0.2, 0) is 14.3 Å². The van der Waals surface area contributed by atoms with E-state index in [2.05, 4.69) is 16.0 Å². The Morgan fingerprint density at radius 3 is 2.45 bits per heavy atom. The molecule has 20 heavy (non-hydrogen) atoms. The number of hydrogen-bond donors (Lipinski definition) is 3. The minimum Gasteiger partial charge on any atom is -0.375 e. The maximum atomic E-state index is 11.9. The van der Waals surface area contributed by atoms with Crippen molar-refractivity contribution in [2.24, 2.45) is 0 Å². The van der Waals surface area contributed by atoms with Crippen LogP contribution in [0.5, 0.6) is 0 Å². The van der Waals surface area contributed by atoms with Crippen LogP contribution in [0.1, 0.15) is 13.3 Å². The van der Waals surface area contributed by atoms with E-state index in [9.17, 15) is 9.59 Å². The summed E-state index contributed by atoms with van der Waals surface area (Å²) < 4.78 is 5.48. The first kappa shape index (κ1) is 14.5. The molecule has 0 spiro atoms. The highest BCUT2D eigenvalue weighted by Gasteiger charge is 2.17. The molecule has 6 heteroatoms. The van der Waals surface area contributed by atoms with Crippen molar-refractivity contribution >= 4 is 23.2 Å². The Bertz CT molecular complexity index is 467. The Labute approximate surface area is 117 Å². The topological polar surface area (TPSA) is 79.5 Å². The molecule has 1 aromatic carbocycles. The lowest BCUT2D eigenvalue weighted by Crippen LogP contribution is -2.40. The van der Waals surface area contributed by atoms with Crippen LogP contribution < -0.4 is 16.0 Å². The maximum Gasteiger partial charge on any atom is 0.227 e. The summed E-state index contributed by atoms with van der Waals surface area (Å²) in [4.78, 5) is 22.8. The minimum absolute atomic E-state index is 0.0672. The van der Waals surface area contributed by atoms with E-state index in [1.807, 2.05) is 0 Å². The van der Waals surface area contributed by atoms with Crippen LogP contribution in [0.3, 0.4) is 0 Å². The molecule has 1 heterocycles. The van der Waals surface area contributed by atoms with Gasteiger partial charge in [0.1, 0.15) is 0 Å². The minimum atomic E-state index is -0.122. The SMILES string of the molecule is CC(=O)Nc1ccc(NC(=O)CC2CNCCO2)cc1. The Hall–Kier alpha value is -1.92. The van der Waals surface area contributed by atoms with Crippen molar-refractivity contribution in [3.63, 3.8) is 0 Å². The average Bonchev–Trinajstić information content (AvgIpc) is 2.41. The molecule has 1 aliphatic rings. The molecular formula is C14H19N3O3. The van der Waals surface area contributed by atoms with Crippen molar-refractivity contribution in [3.05, 3.63) is 24.3 Å². The molecule has 1 aliphatic heterocycles. The third kappa shape index (κ3) is 4.64. The molecule has 0 bridgehead atoms. The monoisotopic (exact) mass is 277 g/mol. The van der Waals surface area contributed by atoms with Gasteiger partial charge in [0, 0.05) is 31.4 Å². The van der Waals surface area contributed by atoms with Crippen LogP contribution in [0.4, 0.5) is 11.4 Å². The fourth-order valence-electron chi connectivity index (χ4n) is 2.01. The Kier molecular flexibility index (Phi) is 5.09. The summed E-state index contributed by atoms with van der Waals surface area (Å²) in [7, 11) is 0. The zero-order valence-corrected chi connectivity index (χ0v) is 11.4. The predicted octanol–water partition coefficient (Wildman–Crippen LogP) is 0.962. The van der Waals surface area contributed by atoms with Gasteiger partial charge >= 0.3 is 0 Å². The van der Waals surface area contributed by atoms with E-state index in [-0.39, 0.29) is 17.9 Å². The van der Waals surface area contributed by atoms with Crippen molar-refractivity contribution in [3.8, 4) is 0 Å². The zero-order chi connectivity index (χ0) is 14.4. The second-order valence-corrected chi connectivity index (χ2v) is 4.71. The summed E-state index contributed by atoms with van der Waals surface area (Å²) in [6.07, 6.45) is 0.267. The van der Waals surface area contributed by atoms with E-state index in [4.69, 9.17) is 4.74 Å². The van der Waals surface area contributed by atoms with Crippen LogP contribution in [-0.4, -0.2) is 37.6 Å². The van der Waals surface area contributed by atoms with E-state index in [0.29, 0.717) is 30.9 Å². The number of morpholine rings is 1. The molecule has 6 nitrogen and oxygen atoms in total. The fraction of sp³-hybridized carbons (Fsp3) is 0.429. The standard InChI is InChI=1S/C14H19N3O3/c1-10(18)16-11-2-4-12(5-3-11)17-14(19)8-13-9-15-6-7-20-13/h2-5,13,15H,6-9H2,1H3,(H,16,18)(H,17,19). The molecule has 0 saturated carbocycles. The highest BCUT2D eigenvalue weighted by atomic mass is 16.5. The van der Waals surface area contributed by atoms with Gasteiger partial charge in [-0.25, -0.2) is 0 Å². The van der Waals surface area contributed by atoms with Crippen molar-refractivity contribution in [2.75, 3.05) is 30.3 Å². The molecule has 3 N–H and O–H groups in total. The van der Waals surface area contributed by atoms with Gasteiger partial charge in [-0.05, 0) is 24.3 Å². The molecule has 108 valence electrons. The number of hydrogen-bond acceptors (Lipinski definition) is 4. The average molecular weight is 277 g/mol. The van der Waals surface area contributed by atoms with Crippen LogP contribution >= 0.6 is 0 Å². The van der Waals surface area contributed by atoms with E-state index in [1.165, 1.54) is 6.92 Å². The van der Waals surface area contributed by atoms with E-state index >= 15 is 0 Å².